The lowest BCUT2D eigenvalue weighted by atomic mass is 10.2. The summed E-state index contributed by atoms with van der Waals surface area (Å²) < 4.78 is 15.9. The fraction of sp³-hybridized carbons (Fsp3) is 0.250. The van der Waals surface area contributed by atoms with Crippen LogP contribution in [0, 0.1) is 0 Å². The Morgan fingerprint density at radius 2 is 1.82 bits per heavy atom. The topological polar surface area (TPSA) is 77.7 Å². The molecule has 146 valence electrons. The van der Waals surface area contributed by atoms with E-state index < -0.39 is 0 Å². The molecule has 28 heavy (non-hydrogen) atoms. The maximum atomic E-state index is 12.7. The van der Waals surface area contributed by atoms with E-state index in [0.717, 1.165) is 5.56 Å². The minimum atomic E-state index is -0.134. The summed E-state index contributed by atoms with van der Waals surface area (Å²) in [5.41, 5.74) is 1.27. The highest BCUT2D eigenvalue weighted by Gasteiger charge is 2.19. The molecule has 0 radical (unpaired) electrons. The van der Waals surface area contributed by atoms with E-state index in [1.54, 1.807) is 55.5 Å². The molecular weight excluding hydrogens is 382 g/mol. The van der Waals surface area contributed by atoms with Crippen LogP contribution in [0.4, 0.5) is 0 Å². The fourth-order valence-electron chi connectivity index (χ4n) is 2.68. The molecule has 0 aliphatic rings. The summed E-state index contributed by atoms with van der Waals surface area (Å²) in [7, 11) is 3.13. The van der Waals surface area contributed by atoms with Crippen LogP contribution in [-0.4, -0.2) is 41.7 Å². The minimum absolute atomic E-state index is 0.134. The predicted octanol–water partition coefficient (Wildman–Crippen LogP) is 4.07. The van der Waals surface area contributed by atoms with Crippen molar-refractivity contribution in [3.8, 4) is 22.9 Å². The van der Waals surface area contributed by atoms with E-state index in [4.69, 9.17) is 25.6 Å². The van der Waals surface area contributed by atoms with E-state index in [1.165, 1.54) is 0 Å². The number of methoxy groups -OCH3 is 2. The maximum absolute atomic E-state index is 12.7. The van der Waals surface area contributed by atoms with Crippen molar-refractivity contribution < 1.29 is 18.8 Å². The zero-order chi connectivity index (χ0) is 20.1. The van der Waals surface area contributed by atoms with Gasteiger partial charge in [-0.2, -0.15) is 4.98 Å². The zero-order valence-electron chi connectivity index (χ0n) is 15.8. The number of carbonyl (C=O) groups excluding carboxylic acids is 1. The number of aromatic nitrogens is 2. The predicted molar refractivity (Wildman–Crippen MR) is 105 cm³/mol. The molecule has 2 aromatic carbocycles. The molecule has 0 aliphatic carbocycles. The largest absolute Gasteiger partial charge is 0.493 e. The second-order valence-corrected chi connectivity index (χ2v) is 6.34. The smallest absolute Gasteiger partial charge is 0.254 e. The van der Waals surface area contributed by atoms with Crippen LogP contribution in [0.15, 0.2) is 47.0 Å². The molecule has 0 unspecified atom stereocenters. The van der Waals surface area contributed by atoms with E-state index in [1.807, 2.05) is 13.0 Å². The third-order valence-corrected chi connectivity index (χ3v) is 4.45. The Kier molecular flexibility index (Phi) is 6.16. The van der Waals surface area contributed by atoms with Crippen molar-refractivity contribution in [1.29, 1.82) is 0 Å². The van der Waals surface area contributed by atoms with Crippen molar-refractivity contribution in [2.24, 2.45) is 0 Å². The number of amides is 1. The summed E-state index contributed by atoms with van der Waals surface area (Å²) in [5, 5.41) is 4.59. The average Bonchev–Trinajstić information content (AvgIpc) is 3.20. The monoisotopic (exact) mass is 401 g/mol. The molecule has 0 atom stereocenters. The van der Waals surface area contributed by atoms with Crippen LogP contribution in [0.3, 0.4) is 0 Å². The number of carbonyl (C=O) groups is 1. The zero-order valence-corrected chi connectivity index (χ0v) is 16.6. The molecule has 3 aromatic rings. The van der Waals surface area contributed by atoms with Crippen LogP contribution in [0.5, 0.6) is 11.5 Å². The first kappa shape index (κ1) is 19.7. The number of ether oxygens (including phenoxy) is 2. The first-order valence-corrected chi connectivity index (χ1v) is 9.03. The number of halogens is 1. The van der Waals surface area contributed by atoms with Gasteiger partial charge in [0.1, 0.15) is 6.54 Å². The third kappa shape index (κ3) is 4.26. The van der Waals surface area contributed by atoms with Gasteiger partial charge in [-0.15, -0.1) is 0 Å². The summed E-state index contributed by atoms with van der Waals surface area (Å²) in [6, 6.07) is 12.1. The van der Waals surface area contributed by atoms with Crippen LogP contribution < -0.4 is 9.47 Å². The number of hydrogen-bond acceptors (Lipinski definition) is 6. The molecule has 1 aromatic heterocycles. The molecule has 0 bridgehead atoms. The lowest BCUT2D eigenvalue weighted by Gasteiger charge is -2.18. The highest BCUT2D eigenvalue weighted by Crippen LogP contribution is 2.31. The highest BCUT2D eigenvalue weighted by atomic mass is 35.5. The van der Waals surface area contributed by atoms with Crippen molar-refractivity contribution in [2.45, 2.75) is 13.5 Å². The Morgan fingerprint density at radius 1 is 1.11 bits per heavy atom. The van der Waals surface area contributed by atoms with Gasteiger partial charge in [-0.25, -0.2) is 0 Å². The van der Waals surface area contributed by atoms with Gasteiger partial charge in [-0.1, -0.05) is 16.8 Å². The lowest BCUT2D eigenvalue weighted by molar-refractivity contribution is 0.0734. The van der Waals surface area contributed by atoms with Crippen molar-refractivity contribution in [3.05, 3.63) is 58.9 Å². The molecule has 7 nitrogen and oxygen atoms in total. The van der Waals surface area contributed by atoms with Crippen LogP contribution in [-0.2, 0) is 6.54 Å². The number of benzene rings is 2. The molecule has 0 saturated carbocycles. The van der Waals surface area contributed by atoms with Crippen molar-refractivity contribution in [2.75, 3.05) is 20.8 Å². The SMILES string of the molecule is CCN(Cc1nc(-c2ccc(OC)c(OC)c2)no1)C(=O)c1ccc(Cl)cc1. The molecular formula is C20H20ClN3O4. The van der Waals surface area contributed by atoms with Gasteiger partial charge >= 0.3 is 0 Å². The number of rotatable bonds is 7. The van der Waals surface area contributed by atoms with E-state index >= 15 is 0 Å². The van der Waals surface area contributed by atoms with Gasteiger partial charge in [0, 0.05) is 22.7 Å². The number of hydrogen-bond donors (Lipinski definition) is 0. The number of nitrogens with zero attached hydrogens (tertiary/aromatic N) is 3. The van der Waals surface area contributed by atoms with Crippen molar-refractivity contribution >= 4 is 17.5 Å². The Bertz CT molecular complexity index is 956. The normalized spacial score (nSPS) is 10.6. The Balaban J connectivity index is 1.77. The van der Waals surface area contributed by atoms with Gasteiger partial charge in [0.15, 0.2) is 11.5 Å². The Morgan fingerprint density at radius 3 is 2.46 bits per heavy atom. The molecule has 0 spiro atoms. The van der Waals surface area contributed by atoms with E-state index in [-0.39, 0.29) is 12.5 Å². The third-order valence-electron chi connectivity index (χ3n) is 4.20. The standard InChI is InChI=1S/C20H20ClN3O4/c1-4-24(20(25)13-5-8-15(21)9-6-13)12-18-22-19(23-28-18)14-7-10-16(26-2)17(11-14)27-3/h5-11H,4,12H2,1-3H3. The van der Waals surface area contributed by atoms with Crippen LogP contribution >= 0.6 is 11.6 Å². The van der Waals surface area contributed by atoms with Crippen molar-refractivity contribution in [3.63, 3.8) is 0 Å². The molecule has 8 heteroatoms. The second kappa shape index (κ2) is 8.75. The van der Waals surface area contributed by atoms with E-state index in [2.05, 4.69) is 10.1 Å². The molecule has 0 fully saturated rings. The van der Waals surface area contributed by atoms with E-state index in [9.17, 15) is 4.79 Å². The molecule has 1 amide bonds. The first-order chi connectivity index (χ1) is 13.5. The van der Waals surface area contributed by atoms with Gasteiger partial charge in [0.25, 0.3) is 5.91 Å². The van der Waals surface area contributed by atoms with E-state index in [0.29, 0.717) is 40.3 Å². The maximum Gasteiger partial charge on any atom is 0.254 e. The molecule has 0 saturated heterocycles. The quantitative estimate of drug-likeness (QED) is 0.593. The summed E-state index contributed by atoms with van der Waals surface area (Å²) >= 11 is 5.89. The summed E-state index contributed by atoms with van der Waals surface area (Å²) in [5.74, 6) is 1.80. The fourth-order valence-corrected chi connectivity index (χ4v) is 2.80. The molecule has 0 N–H and O–H groups in total. The van der Waals surface area contributed by atoms with Gasteiger partial charge in [0.05, 0.1) is 14.2 Å². The van der Waals surface area contributed by atoms with Crippen LogP contribution in [0.25, 0.3) is 11.4 Å². The van der Waals surface area contributed by atoms with Crippen molar-refractivity contribution in [1.82, 2.24) is 15.0 Å². The Labute approximate surface area is 167 Å². The van der Waals surface area contributed by atoms with Gasteiger partial charge in [0.2, 0.25) is 11.7 Å². The summed E-state index contributed by atoms with van der Waals surface area (Å²) in [6.07, 6.45) is 0. The van der Waals surface area contributed by atoms with Crippen LogP contribution in [0.1, 0.15) is 23.2 Å². The second-order valence-electron chi connectivity index (χ2n) is 5.91. The van der Waals surface area contributed by atoms with Gasteiger partial charge in [-0.3, -0.25) is 4.79 Å². The molecule has 3 rings (SSSR count). The summed E-state index contributed by atoms with van der Waals surface area (Å²) in [6.45, 7) is 2.59. The van der Waals surface area contributed by atoms with Gasteiger partial charge in [-0.05, 0) is 49.4 Å². The minimum Gasteiger partial charge on any atom is -0.493 e. The highest BCUT2D eigenvalue weighted by molar-refractivity contribution is 6.30. The Hall–Kier alpha value is -3.06. The lowest BCUT2D eigenvalue weighted by Crippen LogP contribution is -2.30. The molecule has 0 aliphatic heterocycles. The average molecular weight is 402 g/mol. The summed E-state index contributed by atoms with van der Waals surface area (Å²) in [4.78, 5) is 18.7. The molecule has 1 heterocycles. The van der Waals surface area contributed by atoms with Gasteiger partial charge < -0.3 is 18.9 Å². The first-order valence-electron chi connectivity index (χ1n) is 8.65. The van der Waals surface area contributed by atoms with Crippen LogP contribution in [0.2, 0.25) is 5.02 Å².